The van der Waals surface area contributed by atoms with E-state index in [0.29, 0.717) is 17.0 Å². The van der Waals surface area contributed by atoms with Gasteiger partial charge in [-0.1, -0.05) is 12.5 Å². The van der Waals surface area contributed by atoms with Crippen LogP contribution in [0.2, 0.25) is 0 Å². The zero-order chi connectivity index (χ0) is 18.5. The molecule has 0 amide bonds. The number of hydrogen-bond acceptors (Lipinski definition) is 3. The normalized spacial score (nSPS) is 12.8. The summed E-state index contributed by atoms with van der Waals surface area (Å²) in [7, 11) is 1.71. The van der Waals surface area contributed by atoms with Crippen molar-refractivity contribution in [2.75, 3.05) is 18.5 Å². The van der Waals surface area contributed by atoms with Crippen molar-refractivity contribution < 1.29 is 13.2 Å². The number of anilines is 1. The van der Waals surface area contributed by atoms with Gasteiger partial charge in [0.15, 0.2) is 0 Å². The summed E-state index contributed by atoms with van der Waals surface area (Å²) in [5, 5.41) is 7.86. The van der Waals surface area contributed by atoms with Gasteiger partial charge in [-0.25, -0.2) is 4.98 Å². The van der Waals surface area contributed by atoms with E-state index in [-0.39, 0.29) is 18.8 Å². The second kappa shape index (κ2) is 8.17. The Morgan fingerprint density at radius 1 is 1.33 bits per heavy atom. The number of halogens is 3. The van der Waals surface area contributed by atoms with E-state index in [9.17, 15) is 13.2 Å². The van der Waals surface area contributed by atoms with Crippen molar-refractivity contribution in [3.63, 3.8) is 0 Å². The van der Waals surface area contributed by atoms with Crippen LogP contribution >= 0.6 is 0 Å². The van der Waals surface area contributed by atoms with E-state index in [4.69, 9.17) is 11.1 Å². The van der Waals surface area contributed by atoms with Crippen LogP contribution in [0.25, 0.3) is 5.57 Å². The Balaban J connectivity index is 3.19. The van der Waals surface area contributed by atoms with Crippen LogP contribution in [0, 0.1) is 12.3 Å². The SMILES string of the molecule is CC/C(C)=C(\C(=N)N)c1ccc(C)nc1N(C)CCCC(F)(F)F. The molecular weight excluding hydrogens is 317 g/mol. The van der Waals surface area contributed by atoms with Crippen molar-refractivity contribution in [1.82, 2.24) is 4.98 Å². The van der Waals surface area contributed by atoms with Crippen LogP contribution in [0.15, 0.2) is 17.7 Å². The highest BCUT2D eigenvalue weighted by molar-refractivity contribution is 6.22. The molecule has 0 aromatic carbocycles. The Labute approximate surface area is 141 Å². The lowest BCUT2D eigenvalue weighted by molar-refractivity contribution is -0.135. The Morgan fingerprint density at radius 2 is 1.96 bits per heavy atom. The molecular formula is C17H25F3N4. The predicted octanol–water partition coefficient (Wildman–Crippen LogP) is 4.29. The molecule has 0 aliphatic heterocycles. The van der Waals surface area contributed by atoms with Gasteiger partial charge in [0.25, 0.3) is 0 Å². The first-order valence-corrected chi connectivity index (χ1v) is 7.86. The first-order valence-electron chi connectivity index (χ1n) is 7.86. The fourth-order valence-corrected chi connectivity index (χ4v) is 2.43. The number of aryl methyl sites for hydroxylation is 1. The summed E-state index contributed by atoms with van der Waals surface area (Å²) in [5.74, 6) is 0.486. The Bertz CT molecular complexity index is 621. The van der Waals surface area contributed by atoms with Crippen molar-refractivity contribution in [2.24, 2.45) is 5.73 Å². The van der Waals surface area contributed by atoms with E-state index in [1.165, 1.54) is 0 Å². The summed E-state index contributed by atoms with van der Waals surface area (Å²) in [4.78, 5) is 6.16. The first-order chi connectivity index (χ1) is 11.1. The van der Waals surface area contributed by atoms with Crippen molar-refractivity contribution in [3.8, 4) is 0 Å². The van der Waals surface area contributed by atoms with Crippen molar-refractivity contribution in [2.45, 2.75) is 46.2 Å². The Hall–Kier alpha value is -2.05. The van der Waals surface area contributed by atoms with Gasteiger partial charge in [0.2, 0.25) is 0 Å². The lowest BCUT2D eigenvalue weighted by atomic mass is 9.98. The third kappa shape index (κ3) is 5.54. The van der Waals surface area contributed by atoms with E-state index in [1.807, 2.05) is 32.9 Å². The molecule has 0 bridgehead atoms. The van der Waals surface area contributed by atoms with E-state index in [0.717, 1.165) is 17.7 Å². The van der Waals surface area contributed by atoms with Gasteiger partial charge in [0, 0.05) is 36.8 Å². The summed E-state index contributed by atoms with van der Waals surface area (Å²) in [6.07, 6.45) is -4.28. The van der Waals surface area contributed by atoms with Crippen LogP contribution in [-0.4, -0.2) is 30.6 Å². The zero-order valence-electron chi connectivity index (χ0n) is 14.6. The average Bonchev–Trinajstić information content (AvgIpc) is 2.46. The molecule has 3 N–H and O–H groups in total. The monoisotopic (exact) mass is 342 g/mol. The minimum atomic E-state index is -4.16. The highest BCUT2D eigenvalue weighted by atomic mass is 19.4. The smallest absolute Gasteiger partial charge is 0.384 e. The van der Waals surface area contributed by atoms with Gasteiger partial charge < -0.3 is 10.6 Å². The summed E-state index contributed by atoms with van der Waals surface area (Å²) in [5.41, 5.74) is 8.72. The molecule has 1 aromatic rings. The van der Waals surface area contributed by atoms with Crippen molar-refractivity contribution in [1.29, 1.82) is 5.41 Å². The number of rotatable bonds is 7. The van der Waals surface area contributed by atoms with Gasteiger partial charge in [-0.3, -0.25) is 5.41 Å². The number of nitrogens with zero attached hydrogens (tertiary/aromatic N) is 2. The number of nitrogens with one attached hydrogen (secondary N) is 1. The van der Waals surface area contributed by atoms with Gasteiger partial charge >= 0.3 is 6.18 Å². The maximum atomic E-state index is 12.4. The average molecular weight is 342 g/mol. The number of amidine groups is 1. The van der Waals surface area contributed by atoms with E-state index < -0.39 is 12.6 Å². The van der Waals surface area contributed by atoms with E-state index in [2.05, 4.69) is 4.98 Å². The maximum absolute atomic E-state index is 12.4. The molecule has 24 heavy (non-hydrogen) atoms. The largest absolute Gasteiger partial charge is 0.389 e. The number of allylic oxidation sites excluding steroid dienone is 1. The summed E-state index contributed by atoms with van der Waals surface area (Å²) < 4.78 is 37.1. The van der Waals surface area contributed by atoms with E-state index >= 15 is 0 Å². The molecule has 0 radical (unpaired) electrons. The van der Waals surface area contributed by atoms with Crippen LogP contribution in [0.5, 0.6) is 0 Å². The maximum Gasteiger partial charge on any atom is 0.389 e. The standard InChI is InChI=1S/C17H25F3N4/c1-5-11(2)14(15(21)22)13-8-7-12(3)23-16(13)24(4)10-6-9-17(18,19)20/h7-8H,5-6,9-10H2,1-4H3,(H3,21,22)/b14-11-. The molecule has 0 unspecified atom stereocenters. The van der Waals surface area contributed by atoms with Gasteiger partial charge in [-0.15, -0.1) is 0 Å². The van der Waals surface area contributed by atoms with Crippen LogP contribution in [0.1, 0.15) is 44.4 Å². The molecule has 4 nitrogen and oxygen atoms in total. The molecule has 0 saturated carbocycles. The number of hydrogen-bond donors (Lipinski definition) is 2. The summed E-state index contributed by atoms with van der Waals surface area (Å²) in [6.45, 7) is 5.90. The fraction of sp³-hybridized carbons (Fsp3) is 0.529. The van der Waals surface area contributed by atoms with Crippen LogP contribution in [0.4, 0.5) is 19.0 Å². The molecule has 0 saturated heterocycles. The lowest BCUT2D eigenvalue weighted by Crippen LogP contribution is -2.24. The number of pyridine rings is 1. The molecule has 134 valence electrons. The Morgan fingerprint density at radius 3 is 2.46 bits per heavy atom. The fourth-order valence-electron chi connectivity index (χ4n) is 2.43. The van der Waals surface area contributed by atoms with Gasteiger partial charge in [0.05, 0.1) is 0 Å². The third-order valence-electron chi connectivity index (χ3n) is 3.83. The molecule has 1 heterocycles. The van der Waals surface area contributed by atoms with E-state index in [1.54, 1.807) is 11.9 Å². The molecule has 0 atom stereocenters. The highest BCUT2D eigenvalue weighted by Gasteiger charge is 2.26. The molecule has 1 rings (SSSR count). The van der Waals surface area contributed by atoms with Gasteiger partial charge in [0.1, 0.15) is 11.7 Å². The van der Waals surface area contributed by atoms with Gasteiger partial charge in [-0.2, -0.15) is 13.2 Å². The third-order valence-corrected chi connectivity index (χ3v) is 3.83. The number of aromatic nitrogens is 1. The minimum Gasteiger partial charge on any atom is -0.384 e. The van der Waals surface area contributed by atoms with Crippen LogP contribution in [-0.2, 0) is 0 Å². The summed E-state index contributed by atoms with van der Waals surface area (Å²) in [6, 6.07) is 3.64. The molecule has 7 heteroatoms. The second-order valence-corrected chi connectivity index (χ2v) is 5.89. The molecule has 0 aliphatic rings. The van der Waals surface area contributed by atoms with Crippen LogP contribution < -0.4 is 10.6 Å². The second-order valence-electron chi connectivity index (χ2n) is 5.89. The lowest BCUT2D eigenvalue weighted by Gasteiger charge is -2.23. The first kappa shape index (κ1) is 20.0. The van der Waals surface area contributed by atoms with Crippen molar-refractivity contribution in [3.05, 3.63) is 29.0 Å². The number of alkyl halides is 3. The molecule has 0 spiro atoms. The predicted molar refractivity (Wildman–Crippen MR) is 92.3 cm³/mol. The van der Waals surface area contributed by atoms with Gasteiger partial charge in [-0.05, 0) is 38.8 Å². The van der Waals surface area contributed by atoms with Crippen molar-refractivity contribution >= 4 is 17.2 Å². The molecule has 1 aromatic heterocycles. The molecule has 0 fully saturated rings. The highest BCUT2D eigenvalue weighted by Crippen LogP contribution is 2.29. The zero-order valence-corrected chi connectivity index (χ0v) is 14.6. The molecule has 0 aliphatic carbocycles. The Kier molecular flexibility index (Phi) is 6.81. The number of nitrogens with two attached hydrogens (primary N) is 1. The summed E-state index contributed by atoms with van der Waals surface area (Å²) >= 11 is 0. The van der Waals surface area contributed by atoms with Crippen LogP contribution in [0.3, 0.4) is 0 Å². The minimum absolute atomic E-state index is 0.0130. The quantitative estimate of drug-likeness (QED) is 0.574. The topological polar surface area (TPSA) is 66.0 Å².